The van der Waals surface area contributed by atoms with E-state index >= 15 is 0 Å². The second-order valence-corrected chi connectivity index (χ2v) is 5.99. The average molecular weight is 375 g/mol. The minimum absolute atomic E-state index is 0.0817. The molecule has 0 atom stereocenters. The Labute approximate surface area is 134 Å². The molecular weight excluding hydrogens is 365 g/mol. The molecule has 0 aliphatic heterocycles. The molecule has 1 amide bonds. The zero-order valence-corrected chi connectivity index (χ0v) is 13.5. The fourth-order valence-corrected chi connectivity index (χ4v) is 2.80. The van der Waals surface area contributed by atoms with E-state index in [1.807, 2.05) is 13.0 Å². The molecule has 0 aliphatic carbocycles. The molecule has 2 aromatic rings. The van der Waals surface area contributed by atoms with Crippen molar-refractivity contribution in [3.63, 3.8) is 0 Å². The van der Waals surface area contributed by atoms with Crippen molar-refractivity contribution < 1.29 is 9.90 Å². The van der Waals surface area contributed by atoms with E-state index in [4.69, 9.17) is 23.2 Å². The van der Waals surface area contributed by atoms with E-state index < -0.39 is 0 Å². The lowest BCUT2D eigenvalue weighted by Gasteiger charge is -2.09. The minimum atomic E-state index is -0.285. The standard InChI is InChI=1S/C14H10BrCl2NO2/c1-7-2-8(4-9(15)3-7)14(20)18-10-5-11(16)13(19)12(17)6-10/h2-6,19H,1H3,(H,18,20). The molecular formula is C14H10BrCl2NO2. The molecule has 2 aromatic carbocycles. The summed E-state index contributed by atoms with van der Waals surface area (Å²) in [6.07, 6.45) is 0. The summed E-state index contributed by atoms with van der Waals surface area (Å²) in [6, 6.07) is 8.26. The Kier molecular flexibility index (Phi) is 4.58. The SMILES string of the molecule is Cc1cc(Br)cc(C(=O)Nc2cc(Cl)c(O)c(Cl)c2)c1. The molecule has 0 aromatic heterocycles. The maximum Gasteiger partial charge on any atom is 0.255 e. The summed E-state index contributed by atoms with van der Waals surface area (Å²) < 4.78 is 0.824. The number of aromatic hydroxyl groups is 1. The van der Waals surface area contributed by atoms with Crippen molar-refractivity contribution in [1.29, 1.82) is 0 Å². The highest BCUT2D eigenvalue weighted by Gasteiger charge is 2.11. The largest absolute Gasteiger partial charge is 0.505 e. The first-order valence-corrected chi connectivity index (χ1v) is 7.18. The maximum atomic E-state index is 12.1. The predicted molar refractivity (Wildman–Crippen MR) is 85.0 cm³/mol. The summed E-state index contributed by atoms with van der Waals surface area (Å²) in [5.41, 5.74) is 1.89. The molecule has 0 unspecified atom stereocenters. The summed E-state index contributed by atoms with van der Waals surface area (Å²) in [4.78, 5) is 12.1. The van der Waals surface area contributed by atoms with Crippen LogP contribution in [0.1, 0.15) is 15.9 Å². The Balaban J connectivity index is 2.28. The highest BCUT2D eigenvalue weighted by atomic mass is 79.9. The van der Waals surface area contributed by atoms with Crippen LogP contribution in [0.15, 0.2) is 34.8 Å². The fraction of sp³-hybridized carbons (Fsp3) is 0.0714. The van der Waals surface area contributed by atoms with Gasteiger partial charge in [0.05, 0.1) is 10.0 Å². The lowest BCUT2D eigenvalue weighted by atomic mass is 10.1. The quantitative estimate of drug-likeness (QED) is 0.725. The van der Waals surface area contributed by atoms with Crippen molar-refractivity contribution in [2.45, 2.75) is 6.92 Å². The number of hydrogen-bond acceptors (Lipinski definition) is 2. The van der Waals surface area contributed by atoms with Crippen molar-refractivity contribution in [3.05, 3.63) is 56.0 Å². The molecule has 6 heteroatoms. The monoisotopic (exact) mass is 373 g/mol. The van der Waals surface area contributed by atoms with Gasteiger partial charge in [-0.2, -0.15) is 0 Å². The second-order valence-electron chi connectivity index (χ2n) is 4.26. The van der Waals surface area contributed by atoms with Gasteiger partial charge in [0.1, 0.15) is 0 Å². The number of benzene rings is 2. The Morgan fingerprint density at radius 3 is 2.30 bits per heavy atom. The smallest absolute Gasteiger partial charge is 0.255 e. The van der Waals surface area contributed by atoms with Crippen LogP contribution >= 0.6 is 39.1 Å². The van der Waals surface area contributed by atoms with Gasteiger partial charge in [-0.25, -0.2) is 0 Å². The van der Waals surface area contributed by atoms with Crippen LogP contribution in [0.3, 0.4) is 0 Å². The molecule has 2 N–H and O–H groups in total. The number of rotatable bonds is 2. The van der Waals surface area contributed by atoms with Gasteiger partial charge in [-0.3, -0.25) is 4.79 Å². The van der Waals surface area contributed by atoms with E-state index in [-0.39, 0.29) is 21.7 Å². The molecule has 3 nitrogen and oxygen atoms in total. The molecule has 0 heterocycles. The number of aryl methyl sites for hydroxylation is 1. The topological polar surface area (TPSA) is 49.3 Å². The van der Waals surface area contributed by atoms with Gasteiger partial charge in [-0.05, 0) is 42.8 Å². The number of carbonyl (C=O) groups is 1. The molecule has 0 bridgehead atoms. The summed E-state index contributed by atoms with van der Waals surface area (Å²) in [6.45, 7) is 1.90. The Bertz CT molecular complexity index is 646. The number of phenols is 1. The van der Waals surface area contributed by atoms with Gasteiger partial charge in [0.15, 0.2) is 5.75 Å². The van der Waals surface area contributed by atoms with Crippen molar-refractivity contribution in [1.82, 2.24) is 0 Å². The zero-order valence-electron chi connectivity index (χ0n) is 10.4. The Morgan fingerprint density at radius 1 is 1.15 bits per heavy atom. The molecule has 0 spiro atoms. The fourth-order valence-electron chi connectivity index (χ4n) is 1.71. The van der Waals surface area contributed by atoms with Crippen LogP contribution < -0.4 is 5.32 Å². The van der Waals surface area contributed by atoms with E-state index in [9.17, 15) is 9.90 Å². The van der Waals surface area contributed by atoms with E-state index in [0.717, 1.165) is 10.0 Å². The molecule has 20 heavy (non-hydrogen) atoms. The molecule has 0 aliphatic rings. The lowest BCUT2D eigenvalue weighted by molar-refractivity contribution is 0.102. The Morgan fingerprint density at radius 2 is 1.75 bits per heavy atom. The highest BCUT2D eigenvalue weighted by Crippen LogP contribution is 2.34. The van der Waals surface area contributed by atoms with Gasteiger partial charge < -0.3 is 10.4 Å². The number of phenolic OH excluding ortho intramolecular Hbond substituents is 1. The number of nitrogens with one attached hydrogen (secondary N) is 1. The molecule has 0 saturated heterocycles. The van der Waals surface area contributed by atoms with E-state index in [1.54, 1.807) is 12.1 Å². The molecule has 0 radical (unpaired) electrons. The van der Waals surface area contributed by atoms with E-state index in [0.29, 0.717) is 11.3 Å². The van der Waals surface area contributed by atoms with Gasteiger partial charge in [0.25, 0.3) is 5.91 Å². The first kappa shape index (κ1) is 15.2. The maximum absolute atomic E-state index is 12.1. The predicted octanol–water partition coefficient (Wildman–Crippen LogP) is 5.02. The van der Waals surface area contributed by atoms with Crippen LogP contribution in [0.4, 0.5) is 5.69 Å². The van der Waals surface area contributed by atoms with Crippen molar-refractivity contribution in [2.75, 3.05) is 5.32 Å². The highest BCUT2D eigenvalue weighted by molar-refractivity contribution is 9.10. The molecule has 2 rings (SSSR count). The summed E-state index contributed by atoms with van der Waals surface area (Å²) in [7, 11) is 0. The number of hydrogen-bond donors (Lipinski definition) is 2. The van der Waals surface area contributed by atoms with E-state index in [2.05, 4.69) is 21.2 Å². The average Bonchev–Trinajstić information content (AvgIpc) is 2.34. The van der Waals surface area contributed by atoms with Gasteiger partial charge >= 0.3 is 0 Å². The van der Waals surface area contributed by atoms with Gasteiger partial charge in [0, 0.05) is 15.7 Å². The minimum Gasteiger partial charge on any atom is -0.505 e. The summed E-state index contributed by atoms with van der Waals surface area (Å²) >= 11 is 15.0. The van der Waals surface area contributed by atoms with Crippen LogP contribution in [-0.4, -0.2) is 11.0 Å². The van der Waals surface area contributed by atoms with Crippen molar-refractivity contribution in [3.8, 4) is 5.75 Å². The summed E-state index contributed by atoms with van der Waals surface area (Å²) in [5.74, 6) is -0.489. The summed E-state index contributed by atoms with van der Waals surface area (Å²) in [5, 5.41) is 12.3. The zero-order chi connectivity index (χ0) is 14.9. The normalized spacial score (nSPS) is 10.4. The number of amides is 1. The van der Waals surface area contributed by atoms with Gasteiger partial charge in [-0.15, -0.1) is 0 Å². The Hall–Kier alpha value is -1.23. The third-order valence-electron chi connectivity index (χ3n) is 2.58. The van der Waals surface area contributed by atoms with Gasteiger partial charge in [0.2, 0.25) is 0 Å². The third kappa shape index (κ3) is 3.45. The molecule has 104 valence electrons. The van der Waals surface area contributed by atoms with Crippen molar-refractivity contribution >= 4 is 50.7 Å². The molecule has 0 fully saturated rings. The lowest BCUT2D eigenvalue weighted by Crippen LogP contribution is -2.12. The molecule has 0 saturated carbocycles. The second kappa shape index (κ2) is 6.04. The third-order valence-corrected chi connectivity index (χ3v) is 3.61. The number of anilines is 1. The van der Waals surface area contributed by atoms with Crippen molar-refractivity contribution in [2.24, 2.45) is 0 Å². The first-order valence-electron chi connectivity index (χ1n) is 5.63. The first-order chi connectivity index (χ1) is 9.36. The number of carbonyl (C=O) groups excluding carboxylic acids is 1. The van der Waals surface area contributed by atoms with Crippen LogP contribution in [0, 0.1) is 6.92 Å². The van der Waals surface area contributed by atoms with E-state index in [1.165, 1.54) is 12.1 Å². The van der Waals surface area contributed by atoms with Crippen LogP contribution in [0.5, 0.6) is 5.75 Å². The number of halogens is 3. The van der Waals surface area contributed by atoms with Crippen LogP contribution in [0.25, 0.3) is 0 Å². The van der Waals surface area contributed by atoms with Crippen LogP contribution in [-0.2, 0) is 0 Å². The van der Waals surface area contributed by atoms with Crippen LogP contribution in [0.2, 0.25) is 10.0 Å². The van der Waals surface area contributed by atoms with Gasteiger partial charge in [-0.1, -0.05) is 39.1 Å².